The minimum Gasteiger partial charge on any atom is -0.493 e. The molecule has 0 unspecified atom stereocenters. The van der Waals surface area contributed by atoms with E-state index in [0.717, 1.165) is 42.0 Å². The number of amides is 5. The van der Waals surface area contributed by atoms with Crippen LogP contribution in [0.5, 0.6) is 11.5 Å². The van der Waals surface area contributed by atoms with Gasteiger partial charge in [-0.05, 0) is 79.8 Å². The quantitative estimate of drug-likeness (QED) is 0.331. The number of rotatable bonds is 7. The number of hydrogen-bond donors (Lipinski definition) is 1. The monoisotopic (exact) mass is 553 g/mol. The fraction of sp³-hybridized carbons (Fsp3) is 0.250. The first-order valence-electron chi connectivity index (χ1n) is 13.5. The summed E-state index contributed by atoms with van der Waals surface area (Å²) >= 11 is 0. The minimum atomic E-state index is -0.800. The molecule has 9 heteroatoms. The lowest BCUT2D eigenvalue weighted by molar-refractivity contribution is -0.122. The number of carbonyl (C=O) groups is 4. The van der Waals surface area contributed by atoms with Crippen LogP contribution >= 0.6 is 0 Å². The van der Waals surface area contributed by atoms with Crippen molar-refractivity contribution in [1.29, 1.82) is 0 Å². The first-order valence-corrected chi connectivity index (χ1v) is 13.5. The first kappa shape index (κ1) is 27.6. The van der Waals surface area contributed by atoms with Crippen molar-refractivity contribution in [1.82, 2.24) is 10.2 Å². The van der Waals surface area contributed by atoms with Gasteiger partial charge in [0.05, 0.1) is 12.8 Å². The van der Waals surface area contributed by atoms with Gasteiger partial charge in [0.1, 0.15) is 12.2 Å². The normalized spacial score (nSPS) is 16.5. The number of nitrogens with zero attached hydrogens (tertiary/aromatic N) is 2. The lowest BCUT2D eigenvalue weighted by Gasteiger charge is -2.26. The molecule has 2 aliphatic heterocycles. The maximum atomic E-state index is 13.2. The average molecular weight is 554 g/mol. The fourth-order valence-corrected chi connectivity index (χ4v) is 4.83. The van der Waals surface area contributed by atoms with Crippen molar-refractivity contribution in [3.8, 4) is 11.5 Å². The number of carbonyl (C=O) groups excluding carboxylic acids is 4. The molecule has 2 fully saturated rings. The molecular formula is C32H31N3O6. The van der Waals surface area contributed by atoms with Gasteiger partial charge in [-0.25, -0.2) is 9.69 Å². The van der Waals surface area contributed by atoms with Gasteiger partial charge in [-0.3, -0.25) is 19.7 Å². The van der Waals surface area contributed by atoms with Crippen LogP contribution in [-0.4, -0.2) is 48.9 Å². The van der Waals surface area contributed by atoms with Gasteiger partial charge < -0.3 is 14.4 Å². The van der Waals surface area contributed by atoms with Crippen LogP contribution in [0.3, 0.4) is 0 Å². The molecule has 1 N–H and O–H groups in total. The summed E-state index contributed by atoms with van der Waals surface area (Å²) in [5.74, 6) is -0.556. The smallest absolute Gasteiger partial charge is 0.335 e. The van der Waals surface area contributed by atoms with E-state index in [2.05, 4.69) is 5.32 Å². The van der Waals surface area contributed by atoms with Crippen LogP contribution in [0.25, 0.3) is 6.08 Å². The van der Waals surface area contributed by atoms with E-state index in [-0.39, 0.29) is 18.1 Å². The topological polar surface area (TPSA) is 105 Å². The Balaban J connectivity index is 1.28. The van der Waals surface area contributed by atoms with Gasteiger partial charge in [-0.1, -0.05) is 35.9 Å². The number of ether oxygens (including phenoxy) is 2. The van der Waals surface area contributed by atoms with Crippen LogP contribution in [0.1, 0.15) is 46.3 Å². The second kappa shape index (κ2) is 12.1. The Kier molecular flexibility index (Phi) is 8.14. The Morgan fingerprint density at radius 2 is 1.61 bits per heavy atom. The summed E-state index contributed by atoms with van der Waals surface area (Å²) in [6.45, 7) is 3.76. The molecule has 3 aromatic carbocycles. The lowest BCUT2D eigenvalue weighted by Crippen LogP contribution is -2.54. The van der Waals surface area contributed by atoms with Gasteiger partial charge >= 0.3 is 6.03 Å². The number of methoxy groups -OCH3 is 1. The maximum Gasteiger partial charge on any atom is 0.335 e. The number of benzene rings is 3. The molecule has 0 aliphatic carbocycles. The summed E-state index contributed by atoms with van der Waals surface area (Å²) in [6.07, 6.45) is 4.67. The van der Waals surface area contributed by atoms with Crippen molar-refractivity contribution in [3.05, 3.63) is 94.6 Å². The highest BCUT2D eigenvalue weighted by atomic mass is 16.5. The summed E-state index contributed by atoms with van der Waals surface area (Å²) in [7, 11) is 1.50. The molecule has 5 rings (SSSR count). The highest BCUT2D eigenvalue weighted by Gasteiger charge is 2.36. The third-order valence-electron chi connectivity index (χ3n) is 7.13. The second-order valence-corrected chi connectivity index (χ2v) is 10.0. The van der Waals surface area contributed by atoms with Crippen molar-refractivity contribution in [3.63, 3.8) is 0 Å². The fourth-order valence-electron chi connectivity index (χ4n) is 4.83. The van der Waals surface area contributed by atoms with E-state index in [1.807, 2.05) is 36.1 Å². The number of barbiturate groups is 1. The number of likely N-dealkylation sites (tertiary alicyclic amines) is 1. The van der Waals surface area contributed by atoms with Crippen molar-refractivity contribution in [2.75, 3.05) is 25.1 Å². The molecule has 3 aromatic rings. The molecular weight excluding hydrogens is 522 g/mol. The number of urea groups is 1. The molecule has 0 radical (unpaired) electrons. The number of hydrogen-bond acceptors (Lipinski definition) is 6. The predicted octanol–water partition coefficient (Wildman–Crippen LogP) is 4.88. The average Bonchev–Trinajstić information content (AvgIpc) is 2.99. The number of anilines is 1. The van der Waals surface area contributed by atoms with Crippen molar-refractivity contribution in [2.24, 2.45) is 0 Å². The number of nitrogens with one attached hydrogen (secondary N) is 1. The van der Waals surface area contributed by atoms with Gasteiger partial charge in [0.2, 0.25) is 0 Å². The molecule has 9 nitrogen and oxygen atoms in total. The molecule has 2 saturated heterocycles. The summed E-state index contributed by atoms with van der Waals surface area (Å²) in [4.78, 5) is 53.7. The largest absolute Gasteiger partial charge is 0.493 e. The van der Waals surface area contributed by atoms with E-state index in [9.17, 15) is 19.2 Å². The van der Waals surface area contributed by atoms with Gasteiger partial charge in [0.25, 0.3) is 17.7 Å². The van der Waals surface area contributed by atoms with Crippen molar-refractivity contribution >= 4 is 35.5 Å². The number of aryl methyl sites for hydroxylation is 1. The van der Waals surface area contributed by atoms with Crippen LogP contribution in [-0.2, 0) is 16.2 Å². The second-order valence-electron chi connectivity index (χ2n) is 10.0. The Labute approximate surface area is 238 Å². The summed E-state index contributed by atoms with van der Waals surface area (Å²) in [5.41, 5.74) is 3.22. The third kappa shape index (κ3) is 6.14. The lowest BCUT2D eigenvalue weighted by atomic mass is 10.1. The predicted molar refractivity (Wildman–Crippen MR) is 154 cm³/mol. The van der Waals surface area contributed by atoms with Gasteiger partial charge in [0, 0.05) is 18.7 Å². The summed E-state index contributed by atoms with van der Waals surface area (Å²) in [5, 5.41) is 2.23. The van der Waals surface area contributed by atoms with E-state index < -0.39 is 17.8 Å². The molecule has 0 atom stereocenters. The molecule has 0 bridgehead atoms. The van der Waals surface area contributed by atoms with E-state index in [1.165, 1.54) is 19.6 Å². The number of piperidine rings is 1. The molecule has 0 saturated carbocycles. The Morgan fingerprint density at radius 3 is 2.29 bits per heavy atom. The van der Waals surface area contributed by atoms with Crippen LogP contribution in [0.4, 0.5) is 10.5 Å². The van der Waals surface area contributed by atoms with E-state index in [1.54, 1.807) is 42.5 Å². The Morgan fingerprint density at radius 1 is 0.902 bits per heavy atom. The minimum absolute atomic E-state index is 0.0556. The van der Waals surface area contributed by atoms with E-state index >= 15 is 0 Å². The zero-order chi connectivity index (χ0) is 28.9. The maximum absolute atomic E-state index is 13.2. The summed E-state index contributed by atoms with van der Waals surface area (Å²) < 4.78 is 11.5. The van der Waals surface area contributed by atoms with Gasteiger partial charge in [0.15, 0.2) is 11.5 Å². The molecule has 2 heterocycles. The van der Waals surface area contributed by atoms with E-state index in [4.69, 9.17) is 9.47 Å². The van der Waals surface area contributed by atoms with E-state index in [0.29, 0.717) is 28.3 Å². The van der Waals surface area contributed by atoms with Crippen molar-refractivity contribution < 1.29 is 28.7 Å². The van der Waals surface area contributed by atoms with Gasteiger partial charge in [-0.2, -0.15) is 0 Å². The Bertz CT molecular complexity index is 1510. The highest BCUT2D eigenvalue weighted by molar-refractivity contribution is 6.39. The SMILES string of the molecule is COc1cc(/C=C2\C(=O)NC(=O)N(c3ccc(C)cc3)C2=O)ccc1OCc1ccc(C(=O)N2CCCCC2)cc1. The zero-order valence-electron chi connectivity index (χ0n) is 23.0. The van der Waals surface area contributed by atoms with Crippen molar-refractivity contribution in [2.45, 2.75) is 32.8 Å². The molecule has 210 valence electrons. The van der Waals surface area contributed by atoms with Crippen LogP contribution in [0.15, 0.2) is 72.3 Å². The molecule has 41 heavy (non-hydrogen) atoms. The molecule has 5 amide bonds. The first-order chi connectivity index (χ1) is 19.8. The van der Waals surface area contributed by atoms with Crippen LogP contribution in [0.2, 0.25) is 0 Å². The molecule has 0 spiro atoms. The molecule has 0 aromatic heterocycles. The Hall–Kier alpha value is -4.92. The van der Waals surface area contributed by atoms with Crippen LogP contribution < -0.4 is 19.7 Å². The van der Waals surface area contributed by atoms with Gasteiger partial charge in [-0.15, -0.1) is 0 Å². The molecule has 2 aliphatic rings. The third-order valence-corrected chi connectivity index (χ3v) is 7.13. The number of imide groups is 2. The zero-order valence-corrected chi connectivity index (χ0v) is 23.0. The van der Waals surface area contributed by atoms with Crippen LogP contribution in [0, 0.1) is 6.92 Å². The standard InChI is InChI=1S/C32H31N3O6/c1-21-6-13-25(14-7-21)35-31(38)26(29(36)33-32(35)39)18-23-10-15-27(28(19-23)40-2)41-20-22-8-11-24(12-9-22)30(37)34-16-4-3-5-17-34/h6-15,18-19H,3-5,16-17,20H2,1-2H3,(H,33,36,39)/b26-18+. The summed E-state index contributed by atoms with van der Waals surface area (Å²) in [6, 6.07) is 18.5. The highest BCUT2D eigenvalue weighted by Crippen LogP contribution is 2.31.